The SMILES string of the molecule is CCOC(=O)C1=C(c2ccccc2)N=c2s/c(=C/c3cc(Br)cc(I)c3O)c(=O)n2[C@@H]1c1ccc2c(c1)OCO2. The van der Waals surface area contributed by atoms with Crippen molar-refractivity contribution < 1.29 is 24.1 Å². The average molecular weight is 731 g/mol. The monoisotopic (exact) mass is 730 g/mol. The van der Waals surface area contributed by atoms with E-state index in [2.05, 4.69) is 15.9 Å². The topological polar surface area (TPSA) is 99.4 Å². The zero-order chi connectivity index (χ0) is 28.0. The number of fused-ring (bicyclic) bond motifs is 2. The molecule has 8 nitrogen and oxygen atoms in total. The molecule has 0 saturated heterocycles. The number of aromatic nitrogens is 1. The number of hydrogen-bond acceptors (Lipinski definition) is 8. The number of ether oxygens (including phenoxy) is 3. The Morgan fingerprint density at radius 2 is 1.98 bits per heavy atom. The van der Waals surface area contributed by atoms with E-state index < -0.39 is 12.0 Å². The lowest BCUT2D eigenvalue weighted by Crippen LogP contribution is -2.40. The number of halogens is 2. The van der Waals surface area contributed by atoms with Crippen molar-refractivity contribution in [3.63, 3.8) is 0 Å². The van der Waals surface area contributed by atoms with E-state index in [4.69, 9.17) is 19.2 Å². The number of rotatable bonds is 5. The standard InChI is InChI=1S/C29H20BrIN2O6S/c1-2-37-28(36)23-24(15-6-4-3-5-7-15)32-29-33(25(23)16-8-9-20-21(11-16)39-14-38-20)27(35)22(40-29)12-17-10-18(30)13-19(31)26(17)34/h3-13,25,34H,2,14H2,1H3/b22-12+/t25-/m1/s1. The summed E-state index contributed by atoms with van der Waals surface area (Å²) in [5.41, 5.74) is 2.16. The van der Waals surface area contributed by atoms with Gasteiger partial charge in [-0.2, -0.15) is 0 Å². The van der Waals surface area contributed by atoms with Crippen molar-refractivity contribution in [1.29, 1.82) is 0 Å². The van der Waals surface area contributed by atoms with Gasteiger partial charge >= 0.3 is 5.97 Å². The minimum atomic E-state index is -0.849. The first-order valence-electron chi connectivity index (χ1n) is 12.2. The van der Waals surface area contributed by atoms with E-state index in [1.54, 1.807) is 37.3 Å². The fourth-order valence-electron chi connectivity index (χ4n) is 4.68. The Labute approximate surface area is 254 Å². The number of esters is 1. The highest BCUT2D eigenvalue weighted by Gasteiger charge is 2.36. The molecule has 0 bridgehead atoms. The van der Waals surface area contributed by atoms with Crippen LogP contribution in [0.1, 0.15) is 29.7 Å². The van der Waals surface area contributed by atoms with Gasteiger partial charge in [-0.25, -0.2) is 9.79 Å². The van der Waals surface area contributed by atoms with Crippen LogP contribution in [0.25, 0.3) is 11.8 Å². The summed E-state index contributed by atoms with van der Waals surface area (Å²) in [5, 5.41) is 10.7. The van der Waals surface area contributed by atoms with E-state index in [9.17, 15) is 14.7 Å². The van der Waals surface area contributed by atoms with Crippen LogP contribution in [-0.2, 0) is 9.53 Å². The Balaban J connectivity index is 1.66. The first-order valence-corrected chi connectivity index (χ1v) is 14.9. The van der Waals surface area contributed by atoms with Crippen LogP contribution in [0.15, 0.2) is 80.5 Å². The summed E-state index contributed by atoms with van der Waals surface area (Å²) in [6.45, 7) is 1.98. The van der Waals surface area contributed by atoms with Crippen molar-refractivity contribution in [2.75, 3.05) is 13.4 Å². The molecule has 2 aliphatic heterocycles. The molecule has 0 saturated carbocycles. The molecule has 2 aliphatic rings. The minimum absolute atomic E-state index is 0.0687. The Hall–Kier alpha value is -3.42. The highest BCUT2D eigenvalue weighted by atomic mass is 127. The van der Waals surface area contributed by atoms with Crippen molar-refractivity contribution in [2.45, 2.75) is 13.0 Å². The Morgan fingerprint density at radius 3 is 2.75 bits per heavy atom. The number of phenolic OH excluding ortho intramolecular Hbond substituents is 1. The summed E-state index contributed by atoms with van der Waals surface area (Å²) in [6, 6.07) is 17.4. The smallest absolute Gasteiger partial charge is 0.338 e. The molecule has 1 atom stereocenters. The third-order valence-electron chi connectivity index (χ3n) is 6.43. The molecule has 4 aromatic rings. The fourth-order valence-corrected chi connectivity index (χ4v) is 7.22. The van der Waals surface area contributed by atoms with Crippen LogP contribution >= 0.6 is 49.9 Å². The molecule has 0 aliphatic carbocycles. The molecule has 1 aromatic heterocycles. The maximum absolute atomic E-state index is 14.0. The van der Waals surface area contributed by atoms with Gasteiger partial charge in [-0.3, -0.25) is 9.36 Å². The highest BCUT2D eigenvalue weighted by Crippen LogP contribution is 2.40. The minimum Gasteiger partial charge on any atom is -0.506 e. The molecule has 0 unspecified atom stereocenters. The third-order valence-corrected chi connectivity index (χ3v) is 8.69. The average Bonchev–Trinajstić information content (AvgIpc) is 3.54. The quantitative estimate of drug-likeness (QED) is 0.236. The number of carbonyl (C=O) groups is 1. The number of carbonyl (C=O) groups excluding carboxylic acids is 1. The molecule has 0 radical (unpaired) electrons. The normalized spacial score (nSPS) is 16.1. The molecule has 11 heteroatoms. The van der Waals surface area contributed by atoms with Gasteiger partial charge in [0.05, 0.1) is 32.0 Å². The van der Waals surface area contributed by atoms with Crippen LogP contribution in [-0.4, -0.2) is 29.0 Å². The molecule has 202 valence electrons. The van der Waals surface area contributed by atoms with Gasteiger partial charge in [0.2, 0.25) is 6.79 Å². The predicted octanol–water partition coefficient (Wildman–Crippen LogP) is 4.74. The van der Waals surface area contributed by atoms with Crippen LogP contribution in [0.3, 0.4) is 0 Å². The Morgan fingerprint density at radius 1 is 1.20 bits per heavy atom. The first kappa shape index (κ1) is 26.8. The summed E-state index contributed by atoms with van der Waals surface area (Å²) >= 11 is 6.68. The lowest BCUT2D eigenvalue weighted by atomic mass is 9.93. The van der Waals surface area contributed by atoms with E-state index in [1.807, 2.05) is 59.0 Å². The Kier molecular flexibility index (Phi) is 7.27. The molecule has 1 N–H and O–H groups in total. The van der Waals surface area contributed by atoms with Crippen molar-refractivity contribution in [3.05, 3.63) is 111 Å². The summed E-state index contributed by atoms with van der Waals surface area (Å²) in [6.07, 6.45) is 1.64. The van der Waals surface area contributed by atoms with Crippen molar-refractivity contribution in [1.82, 2.24) is 4.57 Å². The Bertz CT molecular complexity index is 1880. The molecule has 0 amide bonds. The first-order chi connectivity index (χ1) is 19.4. The van der Waals surface area contributed by atoms with Gasteiger partial charge < -0.3 is 19.3 Å². The van der Waals surface area contributed by atoms with E-state index in [-0.39, 0.29) is 30.3 Å². The maximum Gasteiger partial charge on any atom is 0.338 e. The molecular formula is C29H20BrIN2O6S. The number of hydrogen-bond donors (Lipinski definition) is 1. The molecule has 0 fully saturated rings. The van der Waals surface area contributed by atoms with Crippen molar-refractivity contribution in [3.8, 4) is 17.2 Å². The summed E-state index contributed by atoms with van der Waals surface area (Å²) in [5.74, 6) is 0.607. The lowest BCUT2D eigenvalue weighted by Gasteiger charge is -2.26. The van der Waals surface area contributed by atoms with Gasteiger partial charge in [0.25, 0.3) is 5.56 Å². The van der Waals surface area contributed by atoms with Crippen LogP contribution in [0, 0.1) is 3.57 Å². The van der Waals surface area contributed by atoms with Gasteiger partial charge in [-0.05, 0) is 65.4 Å². The fraction of sp³-hybridized carbons (Fsp3) is 0.138. The van der Waals surface area contributed by atoms with Crippen LogP contribution in [0.4, 0.5) is 0 Å². The number of phenols is 1. The largest absolute Gasteiger partial charge is 0.506 e. The molecular weight excluding hydrogens is 711 g/mol. The van der Waals surface area contributed by atoms with E-state index in [0.29, 0.717) is 46.8 Å². The summed E-state index contributed by atoms with van der Waals surface area (Å²) in [7, 11) is 0. The van der Waals surface area contributed by atoms with Crippen LogP contribution < -0.4 is 24.4 Å². The number of thiazole rings is 1. The summed E-state index contributed by atoms with van der Waals surface area (Å²) < 4.78 is 19.9. The highest BCUT2D eigenvalue weighted by molar-refractivity contribution is 14.1. The van der Waals surface area contributed by atoms with Gasteiger partial charge in [0.1, 0.15) is 5.75 Å². The molecule has 40 heavy (non-hydrogen) atoms. The summed E-state index contributed by atoms with van der Waals surface area (Å²) in [4.78, 5) is 32.9. The van der Waals surface area contributed by atoms with Crippen LogP contribution in [0.2, 0.25) is 0 Å². The lowest BCUT2D eigenvalue weighted by molar-refractivity contribution is -0.138. The van der Waals surface area contributed by atoms with Crippen LogP contribution in [0.5, 0.6) is 17.2 Å². The second-order valence-electron chi connectivity index (χ2n) is 8.87. The second-order valence-corrected chi connectivity index (χ2v) is 12.0. The number of aromatic hydroxyl groups is 1. The zero-order valence-electron chi connectivity index (χ0n) is 20.9. The molecule has 3 heterocycles. The van der Waals surface area contributed by atoms with E-state index in [0.717, 1.165) is 4.47 Å². The third kappa shape index (κ3) is 4.75. The van der Waals surface area contributed by atoms with Gasteiger partial charge in [-0.15, -0.1) is 0 Å². The number of benzene rings is 3. The number of nitrogens with zero attached hydrogens (tertiary/aromatic N) is 2. The van der Waals surface area contributed by atoms with Gasteiger partial charge in [0, 0.05) is 15.6 Å². The molecule has 3 aromatic carbocycles. The van der Waals surface area contributed by atoms with E-state index >= 15 is 0 Å². The second kappa shape index (κ2) is 10.9. The van der Waals surface area contributed by atoms with Gasteiger partial charge in [0.15, 0.2) is 16.3 Å². The van der Waals surface area contributed by atoms with Crippen molar-refractivity contribution >= 4 is 67.6 Å². The van der Waals surface area contributed by atoms with Crippen molar-refractivity contribution in [2.24, 2.45) is 4.99 Å². The zero-order valence-corrected chi connectivity index (χ0v) is 25.4. The molecule has 0 spiro atoms. The van der Waals surface area contributed by atoms with E-state index in [1.165, 1.54) is 15.9 Å². The maximum atomic E-state index is 14.0. The predicted molar refractivity (Wildman–Crippen MR) is 162 cm³/mol. The molecule has 6 rings (SSSR count). The van der Waals surface area contributed by atoms with Gasteiger partial charge in [-0.1, -0.05) is 63.7 Å².